The van der Waals surface area contributed by atoms with Gasteiger partial charge in [0.05, 0.1) is 0 Å². The third-order valence-corrected chi connectivity index (χ3v) is 3.36. The van der Waals surface area contributed by atoms with Gasteiger partial charge in [-0.1, -0.05) is 18.2 Å². The Balaban J connectivity index is 2.38. The van der Waals surface area contributed by atoms with E-state index in [-0.39, 0.29) is 6.10 Å². The van der Waals surface area contributed by atoms with Crippen LogP contribution in [0, 0.1) is 6.92 Å². The second kappa shape index (κ2) is 6.53. The van der Waals surface area contributed by atoms with Crippen molar-refractivity contribution in [1.82, 2.24) is 0 Å². The molecular weight excluding hydrogens is 248 g/mol. The molecule has 0 saturated carbocycles. The molecule has 1 aromatic carbocycles. The topological polar surface area (TPSA) is 27.4 Å². The molecule has 20 heavy (non-hydrogen) atoms. The monoisotopic (exact) mass is 271 g/mol. The Bertz CT molecular complexity index is 552. The predicted molar refractivity (Wildman–Crippen MR) is 82.2 cm³/mol. The van der Waals surface area contributed by atoms with Gasteiger partial charge in [-0.15, -0.1) is 0 Å². The molecule has 2 aromatic rings. The summed E-state index contributed by atoms with van der Waals surface area (Å²) in [4.78, 5) is 2.29. The Morgan fingerprint density at radius 2 is 1.90 bits per heavy atom. The highest BCUT2D eigenvalue weighted by molar-refractivity contribution is 5.64. The molecule has 0 aliphatic carbocycles. The van der Waals surface area contributed by atoms with Gasteiger partial charge in [-0.05, 0) is 38.5 Å². The van der Waals surface area contributed by atoms with Gasteiger partial charge in [0.15, 0.2) is 18.9 Å². The lowest BCUT2D eigenvalue weighted by molar-refractivity contribution is -0.702. The van der Waals surface area contributed by atoms with Crippen molar-refractivity contribution in [2.24, 2.45) is 0 Å². The minimum absolute atomic E-state index is 0.345. The largest absolute Gasteiger partial charge is 0.387 e. The zero-order valence-corrected chi connectivity index (χ0v) is 12.5. The molecule has 1 N–H and O–H groups in total. The van der Waals surface area contributed by atoms with Crippen molar-refractivity contribution in [3.8, 4) is 0 Å². The smallest absolute Gasteiger partial charge is 0.193 e. The average Bonchev–Trinajstić information content (AvgIpc) is 2.44. The molecule has 1 heterocycles. The van der Waals surface area contributed by atoms with Crippen LogP contribution < -0.4 is 9.47 Å². The second-order valence-electron chi connectivity index (χ2n) is 5.14. The fourth-order valence-corrected chi connectivity index (χ4v) is 2.40. The van der Waals surface area contributed by atoms with Gasteiger partial charge in [0.25, 0.3) is 0 Å². The van der Waals surface area contributed by atoms with Gasteiger partial charge in [-0.25, -0.2) is 4.57 Å². The zero-order chi connectivity index (χ0) is 14.5. The Morgan fingerprint density at radius 1 is 1.20 bits per heavy atom. The SMILES string of the molecule is CCN(c1ccccc1)c1c[n+](CC(C)O)ccc1C. The number of benzene rings is 1. The molecule has 0 aliphatic heterocycles. The maximum Gasteiger partial charge on any atom is 0.193 e. The molecule has 1 unspecified atom stereocenters. The van der Waals surface area contributed by atoms with Gasteiger partial charge >= 0.3 is 0 Å². The number of hydrogen-bond acceptors (Lipinski definition) is 2. The number of hydrogen-bond donors (Lipinski definition) is 1. The Labute approximate surface area is 121 Å². The normalized spacial score (nSPS) is 12.2. The van der Waals surface area contributed by atoms with Crippen LogP contribution in [0.1, 0.15) is 19.4 Å². The predicted octanol–water partition coefficient (Wildman–Crippen LogP) is 2.82. The lowest BCUT2D eigenvalue weighted by Gasteiger charge is -2.23. The molecule has 0 aliphatic rings. The molecule has 2 rings (SSSR count). The molecule has 106 valence electrons. The molecule has 0 amide bonds. The van der Waals surface area contributed by atoms with Crippen molar-refractivity contribution < 1.29 is 9.67 Å². The van der Waals surface area contributed by atoms with Gasteiger partial charge in [0.2, 0.25) is 0 Å². The summed E-state index contributed by atoms with van der Waals surface area (Å²) in [7, 11) is 0. The first-order valence-electron chi connectivity index (χ1n) is 7.12. The molecule has 0 spiro atoms. The molecule has 0 saturated heterocycles. The van der Waals surface area contributed by atoms with Crippen LogP contribution in [-0.2, 0) is 6.54 Å². The van der Waals surface area contributed by atoms with Crippen LogP contribution in [0.5, 0.6) is 0 Å². The highest BCUT2D eigenvalue weighted by Gasteiger charge is 2.15. The molecule has 0 fully saturated rings. The number of nitrogens with zero attached hydrogens (tertiary/aromatic N) is 2. The number of anilines is 2. The lowest BCUT2D eigenvalue weighted by Crippen LogP contribution is -2.39. The van der Waals surface area contributed by atoms with Gasteiger partial charge in [0.1, 0.15) is 11.8 Å². The first-order chi connectivity index (χ1) is 9.61. The second-order valence-corrected chi connectivity index (χ2v) is 5.14. The number of para-hydroxylation sites is 1. The van der Waals surface area contributed by atoms with E-state index in [0.717, 1.165) is 6.54 Å². The molecule has 3 heteroatoms. The lowest BCUT2D eigenvalue weighted by atomic mass is 10.2. The highest BCUT2D eigenvalue weighted by Crippen LogP contribution is 2.26. The average molecular weight is 271 g/mol. The molecule has 0 bridgehead atoms. The van der Waals surface area contributed by atoms with Gasteiger partial charge in [-0.2, -0.15) is 0 Å². The van der Waals surface area contributed by atoms with Crippen LogP contribution in [0.2, 0.25) is 0 Å². The van der Waals surface area contributed by atoms with Crippen LogP contribution in [-0.4, -0.2) is 17.8 Å². The third-order valence-electron chi connectivity index (χ3n) is 3.36. The molecular formula is C17H23N2O+. The summed E-state index contributed by atoms with van der Waals surface area (Å²) in [5.41, 5.74) is 3.60. The molecule has 1 aromatic heterocycles. The van der Waals surface area contributed by atoms with Crippen molar-refractivity contribution in [3.63, 3.8) is 0 Å². The molecule has 1 atom stereocenters. The van der Waals surface area contributed by atoms with E-state index in [4.69, 9.17) is 0 Å². The Kier molecular flexibility index (Phi) is 4.74. The maximum absolute atomic E-state index is 9.54. The van der Waals surface area contributed by atoms with Crippen LogP contribution in [0.3, 0.4) is 0 Å². The minimum atomic E-state index is -0.345. The van der Waals surface area contributed by atoms with Crippen molar-refractivity contribution in [2.75, 3.05) is 11.4 Å². The van der Waals surface area contributed by atoms with Crippen LogP contribution >= 0.6 is 0 Å². The number of aliphatic hydroxyl groups excluding tert-OH is 1. The molecule has 0 radical (unpaired) electrons. The van der Waals surface area contributed by atoms with E-state index in [2.05, 4.69) is 55.3 Å². The summed E-state index contributed by atoms with van der Waals surface area (Å²) < 4.78 is 2.04. The van der Waals surface area contributed by atoms with Gasteiger partial charge in [-0.3, -0.25) is 0 Å². The van der Waals surface area contributed by atoms with E-state index in [1.165, 1.54) is 16.9 Å². The zero-order valence-electron chi connectivity index (χ0n) is 12.5. The quantitative estimate of drug-likeness (QED) is 0.847. The Hall–Kier alpha value is -1.87. The first kappa shape index (κ1) is 14.5. The third kappa shape index (κ3) is 3.36. The number of pyridine rings is 1. The first-order valence-corrected chi connectivity index (χ1v) is 7.12. The minimum Gasteiger partial charge on any atom is -0.387 e. The van der Waals surface area contributed by atoms with Crippen molar-refractivity contribution in [2.45, 2.75) is 33.4 Å². The summed E-state index contributed by atoms with van der Waals surface area (Å²) in [6, 6.07) is 12.5. The fourth-order valence-electron chi connectivity index (χ4n) is 2.40. The van der Waals surface area contributed by atoms with E-state index in [1.807, 2.05) is 16.8 Å². The van der Waals surface area contributed by atoms with Crippen molar-refractivity contribution in [1.29, 1.82) is 0 Å². The summed E-state index contributed by atoms with van der Waals surface area (Å²) in [5, 5.41) is 9.54. The van der Waals surface area contributed by atoms with Crippen LogP contribution in [0.15, 0.2) is 48.8 Å². The number of aromatic nitrogens is 1. The van der Waals surface area contributed by atoms with E-state index < -0.39 is 0 Å². The summed E-state index contributed by atoms with van der Waals surface area (Å²) in [6.45, 7) is 7.59. The van der Waals surface area contributed by atoms with Crippen LogP contribution in [0.25, 0.3) is 0 Å². The van der Waals surface area contributed by atoms with Crippen molar-refractivity contribution in [3.05, 3.63) is 54.4 Å². The number of rotatable bonds is 5. The number of aryl methyl sites for hydroxylation is 1. The Morgan fingerprint density at radius 3 is 2.50 bits per heavy atom. The van der Waals surface area contributed by atoms with Crippen LogP contribution in [0.4, 0.5) is 11.4 Å². The van der Waals surface area contributed by atoms with Crippen molar-refractivity contribution >= 4 is 11.4 Å². The fraction of sp³-hybridized carbons (Fsp3) is 0.353. The standard InChI is InChI=1S/C17H23N2O/c1-4-19(16-8-6-5-7-9-16)17-13-18(12-15(3)20)11-10-14(17)2/h5-11,13,15,20H,4,12H2,1-3H3/q+1. The van der Waals surface area contributed by atoms with E-state index in [0.29, 0.717) is 6.54 Å². The summed E-state index contributed by atoms with van der Waals surface area (Å²) in [5.74, 6) is 0. The summed E-state index contributed by atoms with van der Waals surface area (Å²) in [6.07, 6.45) is 3.78. The number of aliphatic hydroxyl groups is 1. The summed E-state index contributed by atoms with van der Waals surface area (Å²) >= 11 is 0. The van der Waals surface area contributed by atoms with E-state index >= 15 is 0 Å². The van der Waals surface area contributed by atoms with E-state index in [1.54, 1.807) is 6.92 Å². The van der Waals surface area contributed by atoms with Gasteiger partial charge in [0, 0.05) is 18.3 Å². The van der Waals surface area contributed by atoms with E-state index in [9.17, 15) is 5.11 Å². The van der Waals surface area contributed by atoms with Gasteiger partial charge < -0.3 is 10.0 Å². The maximum atomic E-state index is 9.54. The highest BCUT2D eigenvalue weighted by atomic mass is 16.3. The molecule has 3 nitrogen and oxygen atoms in total.